The molecule has 1 aliphatic carbocycles. The smallest absolute Gasteiger partial charge is 0.323 e. The van der Waals surface area contributed by atoms with Crippen LogP contribution in [0.25, 0.3) is 0 Å². The first-order valence-electron chi connectivity index (χ1n) is 11.5. The number of nitrogens with zero attached hydrogens (tertiary/aromatic N) is 1. The lowest BCUT2D eigenvalue weighted by Gasteiger charge is -2.19. The molecule has 0 aromatic heterocycles. The number of amides is 2. The highest BCUT2D eigenvalue weighted by Crippen LogP contribution is 2.40. The van der Waals surface area contributed by atoms with Crippen molar-refractivity contribution >= 4 is 23.5 Å². The van der Waals surface area contributed by atoms with Crippen LogP contribution in [0.4, 0.5) is 5.69 Å². The lowest BCUT2D eigenvalue weighted by molar-refractivity contribution is -0.135. The molecule has 0 bridgehead atoms. The predicted octanol–water partition coefficient (Wildman–Crippen LogP) is 5.27. The lowest BCUT2D eigenvalue weighted by atomic mass is 9.82. The Bertz CT molecular complexity index is 1210. The number of ether oxygens (including phenoxy) is 1. The van der Waals surface area contributed by atoms with Crippen LogP contribution in [-0.4, -0.2) is 17.8 Å². The number of carbonyl (C=O) groups is 3. The van der Waals surface area contributed by atoms with E-state index in [0.29, 0.717) is 24.3 Å². The summed E-state index contributed by atoms with van der Waals surface area (Å²) in [7, 11) is 0. The number of fused-ring (bicyclic) bond motifs is 1. The van der Waals surface area contributed by atoms with E-state index >= 15 is 0 Å². The van der Waals surface area contributed by atoms with E-state index in [-0.39, 0.29) is 23.7 Å². The number of imide groups is 1. The Morgan fingerprint density at radius 3 is 1.97 bits per heavy atom. The highest BCUT2D eigenvalue weighted by atomic mass is 16.5. The standard InChI is InChI=1S/C29H25NO4/c1-19-12-17-24-25(18-19)28(32)30(27(24)31)22-13-15-23(16-14-22)34-29(33)26(20-8-4-2-5-9-20)21-10-6-3-7-11-21/h2-16,24-26H,17-18H2,1H3/t24-,25-/m0/s1. The van der Waals surface area contributed by atoms with Gasteiger partial charge in [0, 0.05) is 0 Å². The minimum Gasteiger partial charge on any atom is -0.426 e. The molecule has 2 aliphatic rings. The van der Waals surface area contributed by atoms with Crippen LogP contribution in [0.2, 0.25) is 0 Å². The maximum atomic E-state index is 13.2. The molecule has 0 unspecified atom stereocenters. The predicted molar refractivity (Wildman–Crippen MR) is 129 cm³/mol. The molecule has 0 spiro atoms. The number of carbonyl (C=O) groups excluding carboxylic acids is 3. The quantitative estimate of drug-likeness (QED) is 0.229. The van der Waals surface area contributed by atoms with E-state index in [1.165, 1.54) is 4.90 Å². The van der Waals surface area contributed by atoms with E-state index in [1.54, 1.807) is 24.3 Å². The van der Waals surface area contributed by atoms with Crippen LogP contribution in [0, 0.1) is 11.8 Å². The van der Waals surface area contributed by atoms with Crippen LogP contribution in [-0.2, 0) is 14.4 Å². The minimum atomic E-state index is -0.567. The number of anilines is 1. The Labute approximate surface area is 198 Å². The zero-order valence-corrected chi connectivity index (χ0v) is 18.9. The zero-order valence-electron chi connectivity index (χ0n) is 18.9. The molecule has 0 radical (unpaired) electrons. The molecule has 3 aromatic carbocycles. The van der Waals surface area contributed by atoms with Crippen molar-refractivity contribution < 1.29 is 19.1 Å². The molecule has 2 amide bonds. The number of hydrogen-bond donors (Lipinski definition) is 0. The van der Waals surface area contributed by atoms with Crippen molar-refractivity contribution in [3.63, 3.8) is 0 Å². The molecular formula is C29H25NO4. The molecule has 1 fully saturated rings. The molecule has 34 heavy (non-hydrogen) atoms. The van der Waals surface area contributed by atoms with Crippen molar-refractivity contribution in [2.75, 3.05) is 4.90 Å². The third-order valence-electron chi connectivity index (χ3n) is 6.64. The van der Waals surface area contributed by atoms with Gasteiger partial charge in [-0.3, -0.25) is 19.3 Å². The van der Waals surface area contributed by atoms with Crippen molar-refractivity contribution in [3.8, 4) is 5.75 Å². The maximum Gasteiger partial charge on any atom is 0.323 e. The average Bonchev–Trinajstić information content (AvgIpc) is 3.10. The summed E-state index contributed by atoms with van der Waals surface area (Å²) in [5.74, 6) is -1.48. The second-order valence-corrected chi connectivity index (χ2v) is 8.88. The van der Waals surface area contributed by atoms with Gasteiger partial charge in [-0.25, -0.2) is 0 Å². The fraction of sp³-hybridized carbons (Fsp3) is 0.207. The molecule has 5 nitrogen and oxygen atoms in total. The summed E-state index contributed by atoms with van der Waals surface area (Å²) in [6, 6.07) is 25.6. The summed E-state index contributed by atoms with van der Waals surface area (Å²) in [4.78, 5) is 40.4. The van der Waals surface area contributed by atoms with Gasteiger partial charge in [-0.05, 0) is 55.2 Å². The molecule has 5 heteroatoms. The van der Waals surface area contributed by atoms with Gasteiger partial charge in [0.05, 0.1) is 17.5 Å². The van der Waals surface area contributed by atoms with Gasteiger partial charge < -0.3 is 4.74 Å². The van der Waals surface area contributed by atoms with Crippen molar-refractivity contribution in [1.82, 2.24) is 0 Å². The number of benzene rings is 3. The van der Waals surface area contributed by atoms with Crippen LogP contribution >= 0.6 is 0 Å². The second kappa shape index (κ2) is 9.10. The molecule has 5 rings (SSSR count). The lowest BCUT2D eigenvalue weighted by Crippen LogP contribution is -2.30. The summed E-state index contributed by atoms with van der Waals surface area (Å²) in [6.45, 7) is 2.00. The van der Waals surface area contributed by atoms with Gasteiger partial charge in [0.2, 0.25) is 11.8 Å². The first kappa shape index (κ1) is 21.8. The Kier molecular flexibility index (Phi) is 5.84. The van der Waals surface area contributed by atoms with Crippen molar-refractivity contribution in [1.29, 1.82) is 0 Å². The summed E-state index contributed by atoms with van der Waals surface area (Å²) < 4.78 is 5.73. The van der Waals surface area contributed by atoms with Crippen molar-refractivity contribution in [3.05, 3.63) is 108 Å². The number of esters is 1. The Hall–Kier alpha value is -3.99. The summed E-state index contributed by atoms with van der Waals surface area (Å²) in [5, 5.41) is 0. The fourth-order valence-electron chi connectivity index (χ4n) is 4.89. The zero-order chi connectivity index (χ0) is 23.7. The van der Waals surface area contributed by atoms with Crippen LogP contribution in [0.15, 0.2) is 96.6 Å². The monoisotopic (exact) mass is 451 g/mol. The van der Waals surface area contributed by atoms with Crippen molar-refractivity contribution in [2.45, 2.75) is 25.7 Å². The van der Waals surface area contributed by atoms with Crippen LogP contribution < -0.4 is 9.64 Å². The number of allylic oxidation sites excluding steroid dienone is 2. The van der Waals surface area contributed by atoms with Crippen LogP contribution in [0.1, 0.15) is 36.8 Å². The van der Waals surface area contributed by atoms with Gasteiger partial charge in [-0.15, -0.1) is 0 Å². The molecular weight excluding hydrogens is 426 g/mol. The number of hydrogen-bond acceptors (Lipinski definition) is 4. The minimum absolute atomic E-state index is 0.152. The first-order chi connectivity index (χ1) is 16.5. The average molecular weight is 452 g/mol. The van der Waals surface area contributed by atoms with Gasteiger partial charge in [-0.1, -0.05) is 72.3 Å². The van der Waals surface area contributed by atoms with E-state index in [2.05, 4.69) is 0 Å². The molecule has 1 saturated heterocycles. The molecule has 1 heterocycles. The number of rotatable bonds is 5. The summed E-state index contributed by atoms with van der Waals surface area (Å²) in [6.07, 6.45) is 3.28. The Morgan fingerprint density at radius 2 is 1.38 bits per heavy atom. The molecule has 2 atom stereocenters. The van der Waals surface area contributed by atoms with Crippen molar-refractivity contribution in [2.24, 2.45) is 11.8 Å². The van der Waals surface area contributed by atoms with Crippen LogP contribution in [0.3, 0.4) is 0 Å². The topological polar surface area (TPSA) is 63.7 Å². The third kappa shape index (κ3) is 4.05. The SMILES string of the molecule is CC1=CC[C@@H]2C(=O)N(c3ccc(OC(=O)C(c4ccccc4)c4ccccc4)cc3)C(=O)[C@H]2C1. The van der Waals surface area contributed by atoms with Gasteiger partial charge in [-0.2, -0.15) is 0 Å². The Morgan fingerprint density at radius 1 is 0.824 bits per heavy atom. The molecule has 170 valence electrons. The van der Waals surface area contributed by atoms with E-state index in [1.807, 2.05) is 73.7 Å². The normalized spacial score (nSPS) is 19.7. The van der Waals surface area contributed by atoms with Crippen LogP contribution in [0.5, 0.6) is 5.75 Å². The van der Waals surface area contributed by atoms with E-state index in [4.69, 9.17) is 4.74 Å². The van der Waals surface area contributed by atoms with Gasteiger partial charge in [0.25, 0.3) is 0 Å². The fourth-order valence-corrected chi connectivity index (χ4v) is 4.89. The molecule has 3 aromatic rings. The largest absolute Gasteiger partial charge is 0.426 e. The molecule has 1 aliphatic heterocycles. The molecule has 0 N–H and O–H groups in total. The second-order valence-electron chi connectivity index (χ2n) is 8.88. The van der Waals surface area contributed by atoms with E-state index in [0.717, 1.165) is 16.7 Å². The maximum absolute atomic E-state index is 13.2. The van der Waals surface area contributed by atoms with Gasteiger partial charge >= 0.3 is 5.97 Å². The highest BCUT2D eigenvalue weighted by molar-refractivity contribution is 6.22. The first-order valence-corrected chi connectivity index (χ1v) is 11.5. The van der Waals surface area contributed by atoms with Gasteiger partial charge in [0.15, 0.2) is 0 Å². The Balaban J connectivity index is 1.35. The third-order valence-corrected chi connectivity index (χ3v) is 6.64. The van der Waals surface area contributed by atoms with E-state index in [9.17, 15) is 14.4 Å². The summed E-state index contributed by atoms with van der Waals surface area (Å²) in [5.41, 5.74) is 3.34. The molecule has 0 saturated carbocycles. The highest BCUT2D eigenvalue weighted by Gasteiger charge is 2.48. The summed E-state index contributed by atoms with van der Waals surface area (Å²) >= 11 is 0. The van der Waals surface area contributed by atoms with Gasteiger partial charge in [0.1, 0.15) is 11.7 Å². The van der Waals surface area contributed by atoms with E-state index < -0.39 is 11.9 Å².